The lowest BCUT2D eigenvalue weighted by Crippen LogP contribution is -2.34. The summed E-state index contributed by atoms with van der Waals surface area (Å²) in [7, 11) is 0. The minimum Gasteiger partial charge on any atom is -0.384 e. The van der Waals surface area contributed by atoms with E-state index >= 15 is 0 Å². The maximum atomic E-state index is 12.9. The maximum absolute atomic E-state index is 12.9. The minimum atomic E-state index is -0.101. The molecule has 168 valence electrons. The van der Waals surface area contributed by atoms with Crippen molar-refractivity contribution in [2.75, 3.05) is 43.4 Å². The summed E-state index contributed by atoms with van der Waals surface area (Å²) in [4.78, 5) is 19.7. The van der Waals surface area contributed by atoms with Crippen LogP contribution in [-0.2, 0) is 4.79 Å². The van der Waals surface area contributed by atoms with E-state index in [-0.39, 0.29) is 12.1 Å². The van der Waals surface area contributed by atoms with Gasteiger partial charge in [0.05, 0.1) is 29.3 Å². The monoisotopic (exact) mass is 432 g/mol. The van der Waals surface area contributed by atoms with Crippen LogP contribution in [0.2, 0.25) is 0 Å². The molecule has 1 atom stereocenters. The largest absolute Gasteiger partial charge is 0.384 e. The van der Waals surface area contributed by atoms with Gasteiger partial charge in [-0.1, -0.05) is 24.8 Å². The van der Waals surface area contributed by atoms with Crippen LogP contribution in [0.1, 0.15) is 18.9 Å². The van der Waals surface area contributed by atoms with Crippen LogP contribution in [0.3, 0.4) is 0 Å². The number of carbonyl (C=O) groups excluding carboxylic acids is 1. The minimum absolute atomic E-state index is 0.0666. The molecule has 1 fully saturated rings. The SMILES string of the molecule is C=C(/C=C\C(=C/C)C(=O)N1CCCNCC1)C1=NC(C2Nc3ccc(C)cc3N2)=CNC1. The molecule has 4 rings (SSSR count). The van der Waals surface area contributed by atoms with E-state index in [1.807, 2.05) is 36.3 Å². The Hall–Kier alpha value is -3.32. The van der Waals surface area contributed by atoms with Gasteiger partial charge < -0.3 is 26.2 Å². The number of hydrogen-bond donors (Lipinski definition) is 4. The summed E-state index contributed by atoms with van der Waals surface area (Å²) in [5, 5.41) is 13.6. The number of allylic oxidation sites excluding steroid dienone is 2. The molecule has 3 heterocycles. The average Bonchev–Trinajstić information content (AvgIpc) is 3.03. The molecule has 0 aromatic heterocycles. The predicted octanol–water partition coefficient (Wildman–Crippen LogP) is 2.92. The molecule has 1 aromatic rings. The lowest BCUT2D eigenvalue weighted by Gasteiger charge is -2.21. The lowest BCUT2D eigenvalue weighted by molar-refractivity contribution is -0.126. The number of benzene rings is 1. The van der Waals surface area contributed by atoms with Crippen LogP contribution in [0.4, 0.5) is 11.4 Å². The van der Waals surface area contributed by atoms with Crippen molar-refractivity contribution < 1.29 is 4.79 Å². The van der Waals surface area contributed by atoms with Crippen molar-refractivity contribution in [1.82, 2.24) is 15.5 Å². The number of nitrogens with one attached hydrogen (secondary N) is 4. The fourth-order valence-corrected chi connectivity index (χ4v) is 4.02. The van der Waals surface area contributed by atoms with E-state index in [0.717, 1.165) is 61.0 Å². The first-order chi connectivity index (χ1) is 15.5. The first-order valence-corrected chi connectivity index (χ1v) is 11.2. The highest BCUT2D eigenvalue weighted by molar-refractivity contribution is 6.05. The molecular formula is C25H32N6O. The van der Waals surface area contributed by atoms with E-state index in [9.17, 15) is 4.79 Å². The van der Waals surface area contributed by atoms with Gasteiger partial charge in [-0.3, -0.25) is 4.79 Å². The first kappa shape index (κ1) is 21.9. The van der Waals surface area contributed by atoms with Crippen molar-refractivity contribution in [3.8, 4) is 0 Å². The Morgan fingerprint density at radius 2 is 2.03 bits per heavy atom. The third-order valence-electron chi connectivity index (χ3n) is 5.87. The van der Waals surface area contributed by atoms with E-state index in [1.165, 1.54) is 5.56 Å². The molecular weight excluding hydrogens is 400 g/mol. The molecule has 1 amide bonds. The third kappa shape index (κ3) is 4.94. The molecule has 0 bridgehead atoms. The molecule has 0 aliphatic carbocycles. The number of aryl methyl sites for hydroxylation is 1. The Labute approximate surface area is 190 Å². The number of rotatable bonds is 5. The van der Waals surface area contributed by atoms with Gasteiger partial charge >= 0.3 is 0 Å². The summed E-state index contributed by atoms with van der Waals surface area (Å²) in [5.41, 5.74) is 6.56. The summed E-state index contributed by atoms with van der Waals surface area (Å²) in [5.74, 6) is 0.0666. The van der Waals surface area contributed by atoms with Crippen LogP contribution >= 0.6 is 0 Å². The molecule has 7 heteroatoms. The van der Waals surface area contributed by atoms with Crippen molar-refractivity contribution in [3.05, 3.63) is 71.6 Å². The van der Waals surface area contributed by atoms with Gasteiger partial charge in [0.1, 0.15) is 6.17 Å². The second-order valence-electron chi connectivity index (χ2n) is 8.28. The van der Waals surface area contributed by atoms with E-state index in [2.05, 4.69) is 53.0 Å². The number of anilines is 2. The summed E-state index contributed by atoms with van der Waals surface area (Å²) in [6, 6.07) is 6.30. The molecule has 1 unspecified atom stereocenters. The van der Waals surface area contributed by atoms with Crippen LogP contribution in [0.5, 0.6) is 0 Å². The molecule has 0 saturated carbocycles. The third-order valence-corrected chi connectivity index (χ3v) is 5.87. The van der Waals surface area contributed by atoms with Crippen molar-refractivity contribution >= 4 is 23.0 Å². The zero-order valence-corrected chi connectivity index (χ0v) is 18.9. The molecule has 4 N–H and O–H groups in total. The first-order valence-electron chi connectivity index (χ1n) is 11.2. The highest BCUT2D eigenvalue weighted by Crippen LogP contribution is 2.32. The Balaban J connectivity index is 1.41. The Morgan fingerprint density at radius 1 is 1.19 bits per heavy atom. The Kier molecular flexibility index (Phi) is 6.75. The zero-order valence-electron chi connectivity index (χ0n) is 18.9. The van der Waals surface area contributed by atoms with E-state index < -0.39 is 0 Å². The molecule has 32 heavy (non-hydrogen) atoms. The standard InChI is InChI=1S/C25H32N6O/c1-4-19(25(32)31-12-5-10-26-11-13-31)8-7-18(3)22-15-27-16-23(28-22)24-29-20-9-6-17(2)14-21(20)30-24/h4,6-9,14,16,24,26-27,29-30H,3,5,10-13,15H2,1-2H3/b8-7-,19-4+. The summed E-state index contributed by atoms with van der Waals surface area (Å²) >= 11 is 0. The Morgan fingerprint density at radius 3 is 2.88 bits per heavy atom. The van der Waals surface area contributed by atoms with E-state index in [1.54, 1.807) is 0 Å². The second-order valence-corrected chi connectivity index (χ2v) is 8.28. The smallest absolute Gasteiger partial charge is 0.253 e. The van der Waals surface area contributed by atoms with Gasteiger partial charge in [-0.05, 0) is 56.2 Å². The molecule has 3 aliphatic rings. The van der Waals surface area contributed by atoms with Crippen LogP contribution in [-0.4, -0.2) is 55.4 Å². The number of nitrogens with zero attached hydrogens (tertiary/aromatic N) is 2. The van der Waals surface area contributed by atoms with Gasteiger partial charge in [0.15, 0.2) is 0 Å². The second kappa shape index (κ2) is 9.87. The van der Waals surface area contributed by atoms with Crippen LogP contribution < -0.4 is 21.3 Å². The van der Waals surface area contributed by atoms with Gasteiger partial charge in [0.25, 0.3) is 5.91 Å². The van der Waals surface area contributed by atoms with Gasteiger partial charge in [0, 0.05) is 31.4 Å². The van der Waals surface area contributed by atoms with Crippen LogP contribution in [0.25, 0.3) is 0 Å². The molecule has 7 nitrogen and oxygen atoms in total. The number of carbonyl (C=O) groups is 1. The maximum Gasteiger partial charge on any atom is 0.253 e. The highest BCUT2D eigenvalue weighted by Gasteiger charge is 2.25. The van der Waals surface area contributed by atoms with Crippen LogP contribution in [0, 0.1) is 6.92 Å². The molecule has 0 spiro atoms. The predicted molar refractivity (Wildman–Crippen MR) is 132 cm³/mol. The summed E-state index contributed by atoms with van der Waals surface area (Å²) < 4.78 is 0. The molecule has 1 aromatic carbocycles. The van der Waals surface area contributed by atoms with Gasteiger partial charge in [-0.15, -0.1) is 0 Å². The Bertz CT molecular complexity index is 1010. The number of hydrogen-bond acceptors (Lipinski definition) is 6. The van der Waals surface area contributed by atoms with Gasteiger partial charge in [-0.2, -0.15) is 0 Å². The van der Waals surface area contributed by atoms with Crippen molar-refractivity contribution in [1.29, 1.82) is 0 Å². The van der Waals surface area contributed by atoms with E-state index in [0.29, 0.717) is 12.1 Å². The fourth-order valence-electron chi connectivity index (χ4n) is 4.02. The summed E-state index contributed by atoms with van der Waals surface area (Å²) in [6.07, 6.45) is 8.41. The summed E-state index contributed by atoms with van der Waals surface area (Å²) in [6.45, 7) is 12.1. The van der Waals surface area contributed by atoms with Crippen LogP contribution in [0.15, 0.2) is 71.0 Å². The fraction of sp³-hybridized carbons (Fsp3) is 0.360. The molecule has 1 saturated heterocycles. The average molecular weight is 433 g/mol. The topological polar surface area (TPSA) is 80.8 Å². The lowest BCUT2D eigenvalue weighted by atomic mass is 10.1. The van der Waals surface area contributed by atoms with Gasteiger partial charge in [-0.25, -0.2) is 4.99 Å². The number of amides is 1. The highest BCUT2D eigenvalue weighted by atomic mass is 16.2. The quantitative estimate of drug-likeness (QED) is 0.425. The van der Waals surface area contributed by atoms with E-state index in [4.69, 9.17) is 4.99 Å². The van der Waals surface area contributed by atoms with Gasteiger partial charge in [0.2, 0.25) is 0 Å². The van der Waals surface area contributed by atoms with Crippen molar-refractivity contribution in [2.24, 2.45) is 4.99 Å². The van der Waals surface area contributed by atoms with Crippen molar-refractivity contribution in [3.63, 3.8) is 0 Å². The zero-order chi connectivity index (χ0) is 22.5. The molecule has 0 radical (unpaired) electrons. The normalized spacial score (nSPS) is 21.0. The molecule has 3 aliphatic heterocycles. The number of fused-ring (bicyclic) bond motifs is 1. The van der Waals surface area contributed by atoms with Crippen molar-refractivity contribution in [2.45, 2.75) is 26.4 Å². The number of aliphatic imine (C=N–C) groups is 1.